The Balaban J connectivity index is 2.08. The lowest BCUT2D eigenvalue weighted by molar-refractivity contribution is -0.155. The van der Waals surface area contributed by atoms with Gasteiger partial charge in [-0.15, -0.1) is 0 Å². The number of ether oxygens (including phenoxy) is 1. The van der Waals surface area contributed by atoms with E-state index in [1.807, 2.05) is 36.4 Å². The van der Waals surface area contributed by atoms with E-state index in [0.29, 0.717) is 12.1 Å². The molecule has 0 aliphatic carbocycles. The number of likely N-dealkylation sites (N-methyl/N-ethyl adjacent to an activating group) is 1. The van der Waals surface area contributed by atoms with Gasteiger partial charge < -0.3 is 15.4 Å². The van der Waals surface area contributed by atoms with Crippen molar-refractivity contribution in [1.82, 2.24) is 10.6 Å². The molecule has 2 amide bonds. The molecule has 2 N–H and O–H groups in total. The van der Waals surface area contributed by atoms with Crippen molar-refractivity contribution in [3.63, 3.8) is 0 Å². The summed E-state index contributed by atoms with van der Waals surface area (Å²) in [7, 11) is 0. The highest BCUT2D eigenvalue weighted by Crippen LogP contribution is 2.18. The summed E-state index contributed by atoms with van der Waals surface area (Å²) in [4.78, 5) is 36.5. The van der Waals surface area contributed by atoms with Crippen LogP contribution in [0.4, 0.5) is 0 Å². The predicted octanol–water partition coefficient (Wildman–Crippen LogP) is 2.62. The van der Waals surface area contributed by atoms with Crippen LogP contribution >= 0.6 is 0 Å². The number of benzene rings is 2. The quantitative estimate of drug-likeness (QED) is 0.702. The highest BCUT2D eigenvalue weighted by atomic mass is 16.5. The SMILES string of the molecule is CCNC(=O)[C@H](C)OC(=O)C[C@H](NC(=O)c1ccccc1)c1ccccc1. The molecule has 0 aliphatic rings. The zero-order valence-electron chi connectivity index (χ0n) is 15.5. The van der Waals surface area contributed by atoms with Crippen LogP contribution in [-0.4, -0.2) is 30.4 Å². The first-order valence-electron chi connectivity index (χ1n) is 8.89. The van der Waals surface area contributed by atoms with Crippen LogP contribution in [0.3, 0.4) is 0 Å². The maximum Gasteiger partial charge on any atom is 0.309 e. The Morgan fingerprint density at radius 2 is 1.56 bits per heavy atom. The molecule has 2 aromatic rings. The van der Waals surface area contributed by atoms with Crippen LogP contribution in [0.25, 0.3) is 0 Å². The summed E-state index contributed by atoms with van der Waals surface area (Å²) < 4.78 is 5.20. The molecule has 0 spiro atoms. The summed E-state index contributed by atoms with van der Waals surface area (Å²) in [6.45, 7) is 3.76. The molecule has 2 aromatic carbocycles. The summed E-state index contributed by atoms with van der Waals surface area (Å²) in [6.07, 6.45) is -0.967. The lowest BCUT2D eigenvalue weighted by Crippen LogP contribution is -2.37. The fourth-order valence-corrected chi connectivity index (χ4v) is 2.55. The Morgan fingerprint density at radius 1 is 0.963 bits per heavy atom. The number of rotatable bonds is 8. The average Bonchev–Trinajstić information content (AvgIpc) is 2.68. The van der Waals surface area contributed by atoms with Crippen molar-refractivity contribution < 1.29 is 19.1 Å². The largest absolute Gasteiger partial charge is 0.452 e. The van der Waals surface area contributed by atoms with Crippen molar-refractivity contribution in [2.75, 3.05) is 6.54 Å². The molecule has 0 aliphatic heterocycles. The molecule has 0 radical (unpaired) electrons. The Morgan fingerprint density at radius 3 is 2.15 bits per heavy atom. The van der Waals surface area contributed by atoms with Crippen LogP contribution in [-0.2, 0) is 14.3 Å². The Kier molecular flexibility index (Phi) is 7.55. The summed E-state index contributed by atoms with van der Waals surface area (Å²) in [6, 6.07) is 17.4. The number of carbonyl (C=O) groups is 3. The molecule has 0 saturated carbocycles. The summed E-state index contributed by atoms with van der Waals surface area (Å²) >= 11 is 0. The highest BCUT2D eigenvalue weighted by Gasteiger charge is 2.23. The zero-order valence-corrected chi connectivity index (χ0v) is 15.5. The van der Waals surface area contributed by atoms with E-state index >= 15 is 0 Å². The molecule has 2 atom stereocenters. The molecular formula is C21H24N2O4. The number of amides is 2. The smallest absolute Gasteiger partial charge is 0.309 e. The van der Waals surface area contributed by atoms with Crippen LogP contribution in [0.15, 0.2) is 60.7 Å². The third kappa shape index (κ3) is 6.26. The fourth-order valence-electron chi connectivity index (χ4n) is 2.55. The van der Waals surface area contributed by atoms with Gasteiger partial charge in [0.2, 0.25) is 0 Å². The first-order chi connectivity index (χ1) is 13.0. The second-order valence-corrected chi connectivity index (χ2v) is 6.03. The van der Waals surface area contributed by atoms with Gasteiger partial charge in [0.05, 0.1) is 12.5 Å². The van der Waals surface area contributed by atoms with Gasteiger partial charge in [0.15, 0.2) is 6.10 Å². The molecule has 0 fully saturated rings. The summed E-state index contributed by atoms with van der Waals surface area (Å²) in [5.74, 6) is -1.19. The number of nitrogens with one attached hydrogen (secondary N) is 2. The van der Waals surface area contributed by atoms with Crippen molar-refractivity contribution in [3.05, 3.63) is 71.8 Å². The molecule has 27 heavy (non-hydrogen) atoms. The number of hydrogen-bond donors (Lipinski definition) is 2. The van der Waals surface area contributed by atoms with Crippen LogP contribution in [0, 0.1) is 0 Å². The average molecular weight is 368 g/mol. The van der Waals surface area contributed by atoms with Crippen molar-refractivity contribution in [3.8, 4) is 0 Å². The van der Waals surface area contributed by atoms with Gasteiger partial charge >= 0.3 is 5.97 Å². The van der Waals surface area contributed by atoms with Gasteiger partial charge in [0.25, 0.3) is 11.8 Å². The van der Waals surface area contributed by atoms with Gasteiger partial charge in [0, 0.05) is 12.1 Å². The van der Waals surface area contributed by atoms with Gasteiger partial charge in [-0.3, -0.25) is 14.4 Å². The third-order valence-corrected chi connectivity index (χ3v) is 3.94. The highest BCUT2D eigenvalue weighted by molar-refractivity contribution is 5.94. The molecular weight excluding hydrogens is 344 g/mol. The lowest BCUT2D eigenvalue weighted by Gasteiger charge is -2.20. The summed E-state index contributed by atoms with van der Waals surface area (Å²) in [5.41, 5.74) is 1.28. The van der Waals surface area contributed by atoms with E-state index in [9.17, 15) is 14.4 Å². The maximum absolute atomic E-state index is 12.5. The van der Waals surface area contributed by atoms with Crippen molar-refractivity contribution >= 4 is 17.8 Å². The molecule has 0 aromatic heterocycles. The monoisotopic (exact) mass is 368 g/mol. The van der Waals surface area contributed by atoms with E-state index in [4.69, 9.17) is 4.74 Å². The first kappa shape index (κ1) is 20.2. The molecule has 0 bridgehead atoms. The predicted molar refractivity (Wildman–Crippen MR) is 102 cm³/mol. The number of hydrogen-bond acceptors (Lipinski definition) is 4. The van der Waals surface area contributed by atoms with Crippen molar-refractivity contribution in [1.29, 1.82) is 0 Å². The van der Waals surface area contributed by atoms with Gasteiger partial charge in [-0.1, -0.05) is 48.5 Å². The van der Waals surface area contributed by atoms with Crippen LogP contribution in [0.2, 0.25) is 0 Å². The van der Waals surface area contributed by atoms with E-state index in [1.54, 1.807) is 31.2 Å². The molecule has 6 nitrogen and oxygen atoms in total. The Hall–Kier alpha value is -3.15. The Labute approximate surface area is 158 Å². The minimum Gasteiger partial charge on any atom is -0.452 e. The van der Waals surface area contributed by atoms with E-state index < -0.39 is 18.1 Å². The minimum atomic E-state index is -0.890. The van der Waals surface area contributed by atoms with Gasteiger partial charge in [-0.2, -0.15) is 0 Å². The molecule has 0 saturated heterocycles. The van der Waals surface area contributed by atoms with Gasteiger partial charge in [0.1, 0.15) is 0 Å². The van der Waals surface area contributed by atoms with E-state index in [-0.39, 0.29) is 18.2 Å². The molecule has 0 heterocycles. The second kappa shape index (κ2) is 10.1. The molecule has 6 heteroatoms. The van der Waals surface area contributed by atoms with Crippen molar-refractivity contribution in [2.45, 2.75) is 32.4 Å². The molecule has 0 unspecified atom stereocenters. The van der Waals surface area contributed by atoms with Crippen LogP contribution in [0.1, 0.15) is 42.2 Å². The normalized spacial score (nSPS) is 12.5. The zero-order chi connectivity index (χ0) is 19.6. The lowest BCUT2D eigenvalue weighted by atomic mass is 10.0. The van der Waals surface area contributed by atoms with E-state index in [1.165, 1.54) is 6.92 Å². The molecule has 2 rings (SSSR count). The standard InChI is InChI=1S/C21H24N2O4/c1-3-22-20(25)15(2)27-19(24)14-18(16-10-6-4-7-11-16)23-21(26)17-12-8-5-9-13-17/h4-13,15,18H,3,14H2,1-2H3,(H,22,25)(H,23,26)/t15-,18-/m0/s1. The van der Waals surface area contributed by atoms with Gasteiger partial charge in [-0.05, 0) is 31.5 Å². The number of esters is 1. The maximum atomic E-state index is 12.5. The van der Waals surface area contributed by atoms with E-state index in [0.717, 1.165) is 5.56 Å². The first-order valence-corrected chi connectivity index (χ1v) is 8.89. The van der Waals surface area contributed by atoms with Crippen molar-refractivity contribution in [2.24, 2.45) is 0 Å². The van der Waals surface area contributed by atoms with Gasteiger partial charge in [-0.25, -0.2) is 0 Å². The topological polar surface area (TPSA) is 84.5 Å². The van der Waals surface area contributed by atoms with Crippen LogP contribution in [0.5, 0.6) is 0 Å². The van der Waals surface area contributed by atoms with Crippen LogP contribution < -0.4 is 10.6 Å². The number of carbonyl (C=O) groups excluding carboxylic acids is 3. The minimum absolute atomic E-state index is 0.0771. The summed E-state index contributed by atoms with van der Waals surface area (Å²) in [5, 5.41) is 5.47. The van der Waals surface area contributed by atoms with E-state index in [2.05, 4.69) is 10.6 Å². The molecule has 142 valence electrons. The fraction of sp³-hybridized carbons (Fsp3) is 0.286. The Bertz CT molecular complexity index is 762. The second-order valence-electron chi connectivity index (χ2n) is 6.03. The third-order valence-electron chi connectivity index (χ3n) is 3.94.